The largest absolute Gasteiger partial charge is 0.496 e. The molecule has 0 saturated carbocycles. The van der Waals surface area contributed by atoms with Gasteiger partial charge in [0.15, 0.2) is 5.13 Å². The standard InChI is InChI=1S/C21H22BrN3O2S/c1-27-18-8-6-16(22)11-15(18)13-23-20(26)14-5-7-17-19(12-14)28-21(24-17)25-9-3-2-4-10-25/h5-8,11-12H,2-4,9-10,13H2,1H3,(H,23,26). The molecule has 1 N–H and O–H groups in total. The molecule has 4 rings (SSSR count). The van der Waals surface area contributed by atoms with Crippen molar-refractivity contribution in [3.63, 3.8) is 0 Å². The minimum absolute atomic E-state index is 0.100. The van der Waals surface area contributed by atoms with E-state index in [0.29, 0.717) is 12.1 Å². The number of benzene rings is 2. The molecule has 146 valence electrons. The molecule has 0 bridgehead atoms. The third kappa shape index (κ3) is 4.15. The molecular weight excluding hydrogens is 438 g/mol. The van der Waals surface area contributed by atoms with Crippen LogP contribution in [0.3, 0.4) is 0 Å². The summed E-state index contributed by atoms with van der Waals surface area (Å²) >= 11 is 5.13. The predicted molar refractivity (Wildman–Crippen MR) is 118 cm³/mol. The SMILES string of the molecule is COc1ccc(Br)cc1CNC(=O)c1ccc2nc(N3CCCCC3)sc2c1. The Morgan fingerprint density at radius 3 is 2.82 bits per heavy atom. The number of thiazole rings is 1. The van der Waals surface area contributed by atoms with Crippen molar-refractivity contribution in [2.75, 3.05) is 25.1 Å². The van der Waals surface area contributed by atoms with Crippen LogP contribution in [-0.4, -0.2) is 31.1 Å². The summed E-state index contributed by atoms with van der Waals surface area (Å²) in [6.07, 6.45) is 3.75. The molecule has 7 heteroatoms. The third-order valence-electron chi connectivity index (χ3n) is 4.95. The van der Waals surface area contributed by atoms with Gasteiger partial charge in [0.1, 0.15) is 5.75 Å². The first kappa shape index (κ1) is 19.2. The van der Waals surface area contributed by atoms with Gasteiger partial charge in [0, 0.05) is 35.2 Å². The smallest absolute Gasteiger partial charge is 0.251 e. The van der Waals surface area contributed by atoms with E-state index < -0.39 is 0 Å². The molecular formula is C21H22BrN3O2S. The zero-order valence-corrected chi connectivity index (χ0v) is 18.1. The fourth-order valence-electron chi connectivity index (χ4n) is 3.44. The predicted octanol–water partition coefficient (Wildman–Crippen LogP) is 4.99. The number of hydrogen-bond donors (Lipinski definition) is 1. The number of anilines is 1. The number of aromatic nitrogens is 1. The molecule has 1 fully saturated rings. The minimum atomic E-state index is -0.100. The first-order valence-electron chi connectivity index (χ1n) is 9.40. The van der Waals surface area contributed by atoms with Crippen LogP contribution in [0.25, 0.3) is 10.2 Å². The van der Waals surface area contributed by atoms with Crippen LogP contribution in [-0.2, 0) is 6.54 Å². The zero-order valence-electron chi connectivity index (χ0n) is 15.7. The number of fused-ring (bicyclic) bond motifs is 1. The molecule has 0 atom stereocenters. The summed E-state index contributed by atoms with van der Waals surface area (Å²) < 4.78 is 7.37. The number of carbonyl (C=O) groups excluding carboxylic acids is 1. The van der Waals surface area contributed by atoms with Gasteiger partial charge in [0.25, 0.3) is 5.91 Å². The molecule has 3 aromatic rings. The summed E-state index contributed by atoms with van der Waals surface area (Å²) in [5.74, 6) is 0.657. The van der Waals surface area contributed by atoms with Crippen LogP contribution in [0.15, 0.2) is 40.9 Å². The Morgan fingerprint density at radius 1 is 1.21 bits per heavy atom. The van der Waals surface area contributed by atoms with E-state index in [1.807, 2.05) is 36.4 Å². The van der Waals surface area contributed by atoms with E-state index in [4.69, 9.17) is 9.72 Å². The van der Waals surface area contributed by atoms with E-state index in [1.165, 1.54) is 19.3 Å². The summed E-state index contributed by atoms with van der Waals surface area (Å²) in [6.45, 7) is 2.55. The van der Waals surface area contributed by atoms with Crippen LogP contribution < -0.4 is 15.0 Å². The second-order valence-electron chi connectivity index (χ2n) is 6.87. The van der Waals surface area contributed by atoms with Gasteiger partial charge in [-0.15, -0.1) is 0 Å². The number of nitrogens with zero attached hydrogens (tertiary/aromatic N) is 2. The molecule has 0 unspecified atom stereocenters. The van der Waals surface area contributed by atoms with Crippen LogP contribution in [0.4, 0.5) is 5.13 Å². The number of hydrogen-bond acceptors (Lipinski definition) is 5. The van der Waals surface area contributed by atoms with Gasteiger partial charge in [-0.05, 0) is 55.7 Å². The van der Waals surface area contributed by atoms with Crippen molar-refractivity contribution in [2.24, 2.45) is 0 Å². The molecule has 28 heavy (non-hydrogen) atoms. The van der Waals surface area contributed by atoms with Crippen LogP contribution >= 0.6 is 27.3 Å². The van der Waals surface area contributed by atoms with Gasteiger partial charge in [0.05, 0.1) is 17.3 Å². The van der Waals surface area contributed by atoms with Gasteiger partial charge in [-0.2, -0.15) is 0 Å². The Hall–Kier alpha value is -2.12. The number of rotatable bonds is 5. The molecule has 1 amide bonds. The van der Waals surface area contributed by atoms with Crippen molar-refractivity contribution >= 4 is 48.5 Å². The highest BCUT2D eigenvalue weighted by atomic mass is 79.9. The second kappa shape index (κ2) is 8.49. The summed E-state index contributed by atoms with van der Waals surface area (Å²) in [5.41, 5.74) is 2.53. The Morgan fingerprint density at radius 2 is 2.04 bits per heavy atom. The molecule has 1 aromatic heterocycles. The summed E-state index contributed by atoms with van der Waals surface area (Å²) in [4.78, 5) is 19.8. The maximum atomic E-state index is 12.7. The topological polar surface area (TPSA) is 54.5 Å². The molecule has 0 spiro atoms. The number of nitrogens with one attached hydrogen (secondary N) is 1. The maximum absolute atomic E-state index is 12.7. The summed E-state index contributed by atoms with van der Waals surface area (Å²) in [5, 5.41) is 4.05. The van der Waals surface area contributed by atoms with Crippen molar-refractivity contribution in [3.05, 3.63) is 52.0 Å². The van der Waals surface area contributed by atoms with E-state index in [9.17, 15) is 4.79 Å². The lowest BCUT2D eigenvalue weighted by atomic mass is 10.1. The summed E-state index contributed by atoms with van der Waals surface area (Å²) in [6, 6.07) is 11.5. The molecule has 2 aromatic carbocycles. The number of carbonyl (C=O) groups is 1. The molecule has 0 aliphatic carbocycles. The molecule has 1 aliphatic heterocycles. The van der Waals surface area contributed by atoms with Crippen molar-refractivity contribution in [3.8, 4) is 5.75 Å². The van der Waals surface area contributed by atoms with E-state index >= 15 is 0 Å². The van der Waals surface area contributed by atoms with E-state index in [0.717, 1.165) is 44.2 Å². The zero-order chi connectivity index (χ0) is 19.5. The Bertz CT molecular complexity index is 998. The van der Waals surface area contributed by atoms with Crippen molar-refractivity contribution in [1.82, 2.24) is 10.3 Å². The van der Waals surface area contributed by atoms with Crippen molar-refractivity contribution in [2.45, 2.75) is 25.8 Å². The van der Waals surface area contributed by atoms with Gasteiger partial charge in [-0.3, -0.25) is 4.79 Å². The quantitative estimate of drug-likeness (QED) is 0.583. The van der Waals surface area contributed by atoms with Gasteiger partial charge in [0.2, 0.25) is 0 Å². The molecule has 5 nitrogen and oxygen atoms in total. The van der Waals surface area contributed by atoms with E-state index in [-0.39, 0.29) is 5.91 Å². The van der Waals surface area contributed by atoms with E-state index in [1.54, 1.807) is 18.4 Å². The van der Waals surface area contributed by atoms with Crippen LogP contribution in [0, 0.1) is 0 Å². The third-order valence-corrected chi connectivity index (χ3v) is 6.52. The monoisotopic (exact) mass is 459 g/mol. The lowest BCUT2D eigenvalue weighted by Gasteiger charge is -2.25. The number of ether oxygens (including phenoxy) is 1. The Kier molecular flexibility index (Phi) is 5.82. The Labute approximate surface area is 176 Å². The van der Waals surface area contributed by atoms with Crippen LogP contribution in [0.2, 0.25) is 0 Å². The van der Waals surface area contributed by atoms with Crippen LogP contribution in [0.1, 0.15) is 35.2 Å². The average Bonchev–Trinajstić information content (AvgIpc) is 3.16. The van der Waals surface area contributed by atoms with Gasteiger partial charge < -0.3 is 15.0 Å². The molecule has 2 heterocycles. The first-order valence-corrected chi connectivity index (χ1v) is 11.0. The highest BCUT2D eigenvalue weighted by Gasteiger charge is 2.16. The molecule has 1 aliphatic rings. The summed E-state index contributed by atoms with van der Waals surface area (Å²) in [7, 11) is 1.63. The minimum Gasteiger partial charge on any atom is -0.496 e. The van der Waals surface area contributed by atoms with Crippen molar-refractivity contribution < 1.29 is 9.53 Å². The number of piperidine rings is 1. The lowest BCUT2D eigenvalue weighted by molar-refractivity contribution is 0.0951. The first-order chi connectivity index (χ1) is 13.6. The lowest BCUT2D eigenvalue weighted by Crippen LogP contribution is -2.29. The van der Waals surface area contributed by atoms with E-state index in [2.05, 4.69) is 26.1 Å². The van der Waals surface area contributed by atoms with Gasteiger partial charge >= 0.3 is 0 Å². The normalized spacial score (nSPS) is 14.3. The van der Waals surface area contributed by atoms with Gasteiger partial charge in [-0.25, -0.2) is 4.98 Å². The number of amides is 1. The Balaban J connectivity index is 1.49. The fraction of sp³-hybridized carbons (Fsp3) is 0.333. The maximum Gasteiger partial charge on any atom is 0.251 e. The number of halogens is 1. The second-order valence-corrected chi connectivity index (χ2v) is 8.79. The molecule has 1 saturated heterocycles. The average molecular weight is 460 g/mol. The highest BCUT2D eigenvalue weighted by molar-refractivity contribution is 9.10. The number of methoxy groups -OCH3 is 1. The van der Waals surface area contributed by atoms with Crippen LogP contribution in [0.5, 0.6) is 5.75 Å². The molecule has 0 radical (unpaired) electrons. The fourth-order valence-corrected chi connectivity index (χ4v) is 4.90. The van der Waals surface area contributed by atoms with Gasteiger partial charge in [-0.1, -0.05) is 27.3 Å². The highest BCUT2D eigenvalue weighted by Crippen LogP contribution is 2.31. The van der Waals surface area contributed by atoms with Crippen molar-refractivity contribution in [1.29, 1.82) is 0 Å².